The molecule has 1 aliphatic heterocycles. The van der Waals surface area contributed by atoms with E-state index in [1.54, 1.807) is 0 Å². The van der Waals surface area contributed by atoms with Gasteiger partial charge >= 0.3 is 0 Å². The van der Waals surface area contributed by atoms with Gasteiger partial charge < -0.3 is 14.6 Å². The predicted molar refractivity (Wildman–Crippen MR) is 59.5 cm³/mol. The zero-order valence-electron chi connectivity index (χ0n) is 10.1. The monoisotopic (exact) mass is 214 g/mol. The molecule has 1 aliphatic rings. The minimum Gasteiger partial charge on any atom is -0.396 e. The highest BCUT2D eigenvalue weighted by Gasteiger charge is 2.39. The van der Waals surface area contributed by atoms with Crippen molar-refractivity contribution in [3.8, 4) is 0 Å². The van der Waals surface area contributed by atoms with E-state index in [2.05, 4.69) is 13.0 Å². The van der Waals surface area contributed by atoms with Crippen LogP contribution in [-0.4, -0.2) is 29.7 Å². The van der Waals surface area contributed by atoms with Crippen LogP contribution >= 0.6 is 0 Å². The molecule has 1 fully saturated rings. The Balaban J connectivity index is 2.73. The molecule has 1 rings (SSSR count). The second-order valence-electron chi connectivity index (χ2n) is 4.54. The number of aliphatic hydroxyl groups excluding tert-OH is 1. The average Bonchev–Trinajstić information content (AvgIpc) is 2.13. The van der Waals surface area contributed by atoms with Crippen LogP contribution < -0.4 is 0 Å². The molecule has 3 nitrogen and oxygen atoms in total. The van der Waals surface area contributed by atoms with Crippen molar-refractivity contribution < 1.29 is 14.6 Å². The van der Waals surface area contributed by atoms with E-state index in [4.69, 9.17) is 14.6 Å². The van der Waals surface area contributed by atoms with Gasteiger partial charge in [0, 0.05) is 12.5 Å². The normalized spacial score (nSPS) is 35.9. The summed E-state index contributed by atoms with van der Waals surface area (Å²) in [5.41, 5.74) is 0. The van der Waals surface area contributed by atoms with E-state index >= 15 is 0 Å². The minimum atomic E-state index is -0.559. The van der Waals surface area contributed by atoms with Gasteiger partial charge in [-0.05, 0) is 27.2 Å². The third kappa shape index (κ3) is 3.30. The van der Waals surface area contributed by atoms with Gasteiger partial charge in [0.1, 0.15) is 0 Å². The fraction of sp³-hybridized carbons (Fsp3) is 0.833. The van der Waals surface area contributed by atoms with E-state index in [0.29, 0.717) is 6.42 Å². The van der Waals surface area contributed by atoms with Crippen molar-refractivity contribution in [3.05, 3.63) is 12.2 Å². The summed E-state index contributed by atoms with van der Waals surface area (Å²) in [6, 6.07) is 0. The Morgan fingerprint density at radius 1 is 1.33 bits per heavy atom. The van der Waals surface area contributed by atoms with Crippen molar-refractivity contribution >= 4 is 0 Å². The fourth-order valence-electron chi connectivity index (χ4n) is 2.00. The molecule has 0 saturated carbocycles. The maximum Gasteiger partial charge on any atom is 0.163 e. The van der Waals surface area contributed by atoms with Crippen LogP contribution in [-0.2, 0) is 9.47 Å². The first-order valence-electron chi connectivity index (χ1n) is 5.59. The molecule has 3 atom stereocenters. The summed E-state index contributed by atoms with van der Waals surface area (Å²) in [6.45, 7) is 8.08. The standard InChI is InChI=1S/C12H22O3/c1-5-6-10-9(2)11(7-8-13)15-12(3,4)14-10/h5-6,9-11,13H,7-8H2,1-4H3/b6-5+/t9-,10-,11-/m1/s1. The van der Waals surface area contributed by atoms with E-state index in [9.17, 15) is 0 Å². The second kappa shape index (κ2) is 5.10. The Labute approximate surface area is 92.1 Å². The van der Waals surface area contributed by atoms with Gasteiger partial charge in [-0.15, -0.1) is 0 Å². The van der Waals surface area contributed by atoms with E-state index in [0.717, 1.165) is 0 Å². The molecule has 1 heterocycles. The van der Waals surface area contributed by atoms with Crippen molar-refractivity contribution in [1.82, 2.24) is 0 Å². The summed E-state index contributed by atoms with van der Waals surface area (Å²) in [5, 5.41) is 8.98. The predicted octanol–water partition coefficient (Wildman–Crippen LogP) is 2.10. The first kappa shape index (κ1) is 12.7. The molecular formula is C12H22O3. The Morgan fingerprint density at radius 3 is 2.53 bits per heavy atom. The van der Waals surface area contributed by atoms with Gasteiger partial charge in [0.25, 0.3) is 0 Å². The molecule has 15 heavy (non-hydrogen) atoms. The largest absolute Gasteiger partial charge is 0.396 e. The van der Waals surface area contributed by atoms with Gasteiger partial charge in [-0.1, -0.05) is 19.1 Å². The first-order chi connectivity index (χ1) is 7.00. The summed E-state index contributed by atoms with van der Waals surface area (Å²) in [4.78, 5) is 0. The smallest absolute Gasteiger partial charge is 0.163 e. The molecule has 0 bridgehead atoms. The van der Waals surface area contributed by atoms with E-state index < -0.39 is 5.79 Å². The van der Waals surface area contributed by atoms with Gasteiger partial charge in [-0.3, -0.25) is 0 Å². The number of aliphatic hydroxyl groups is 1. The van der Waals surface area contributed by atoms with E-state index in [1.807, 2.05) is 26.8 Å². The van der Waals surface area contributed by atoms with Gasteiger partial charge in [0.2, 0.25) is 0 Å². The van der Waals surface area contributed by atoms with Gasteiger partial charge in [-0.25, -0.2) is 0 Å². The fourth-order valence-corrected chi connectivity index (χ4v) is 2.00. The molecule has 0 aromatic rings. The SMILES string of the molecule is C/C=C/[C@H]1OC(C)(C)O[C@H](CCO)[C@@H]1C. The maximum absolute atomic E-state index is 8.98. The molecule has 0 aromatic carbocycles. The van der Waals surface area contributed by atoms with Gasteiger partial charge in [0.15, 0.2) is 5.79 Å². The van der Waals surface area contributed by atoms with Gasteiger partial charge in [0.05, 0.1) is 12.2 Å². The lowest BCUT2D eigenvalue weighted by Gasteiger charge is -2.44. The minimum absolute atomic E-state index is 0.0694. The number of ether oxygens (including phenoxy) is 2. The zero-order chi connectivity index (χ0) is 11.5. The van der Waals surface area contributed by atoms with E-state index in [1.165, 1.54) is 0 Å². The molecule has 0 spiro atoms. The van der Waals surface area contributed by atoms with Crippen molar-refractivity contribution in [2.45, 2.75) is 52.1 Å². The van der Waals surface area contributed by atoms with Crippen LogP contribution in [0, 0.1) is 5.92 Å². The van der Waals surface area contributed by atoms with Crippen LogP contribution in [0.25, 0.3) is 0 Å². The molecule has 0 unspecified atom stereocenters. The molecule has 1 saturated heterocycles. The van der Waals surface area contributed by atoms with Gasteiger partial charge in [-0.2, -0.15) is 0 Å². The Kier molecular flexibility index (Phi) is 4.32. The third-order valence-electron chi connectivity index (χ3n) is 2.76. The average molecular weight is 214 g/mol. The second-order valence-corrected chi connectivity index (χ2v) is 4.54. The molecule has 0 aromatic heterocycles. The van der Waals surface area contributed by atoms with Crippen molar-refractivity contribution in [2.24, 2.45) is 5.92 Å². The van der Waals surface area contributed by atoms with Crippen LogP contribution in [0.15, 0.2) is 12.2 Å². The Hall–Kier alpha value is -0.380. The summed E-state index contributed by atoms with van der Waals surface area (Å²) in [7, 11) is 0. The molecule has 0 amide bonds. The number of rotatable bonds is 3. The number of allylic oxidation sites excluding steroid dienone is 1. The molecule has 3 heteroatoms. The van der Waals surface area contributed by atoms with Crippen LogP contribution in [0.5, 0.6) is 0 Å². The summed E-state index contributed by atoms with van der Waals surface area (Å²) in [5.74, 6) is -0.280. The lowest BCUT2D eigenvalue weighted by molar-refractivity contribution is -0.310. The first-order valence-corrected chi connectivity index (χ1v) is 5.59. The van der Waals surface area contributed by atoms with Crippen LogP contribution in [0.1, 0.15) is 34.1 Å². The van der Waals surface area contributed by atoms with Crippen LogP contribution in [0.3, 0.4) is 0 Å². The highest BCUT2D eigenvalue weighted by molar-refractivity contribution is 4.95. The zero-order valence-corrected chi connectivity index (χ0v) is 10.1. The quantitative estimate of drug-likeness (QED) is 0.731. The Morgan fingerprint density at radius 2 is 2.00 bits per heavy atom. The molecule has 1 N–H and O–H groups in total. The summed E-state index contributed by atoms with van der Waals surface area (Å²) < 4.78 is 11.6. The van der Waals surface area contributed by atoms with Crippen molar-refractivity contribution in [3.63, 3.8) is 0 Å². The number of hydrogen-bond donors (Lipinski definition) is 1. The summed E-state index contributed by atoms with van der Waals surface area (Å²) >= 11 is 0. The molecule has 0 aliphatic carbocycles. The topological polar surface area (TPSA) is 38.7 Å². The molecular weight excluding hydrogens is 192 g/mol. The lowest BCUT2D eigenvalue weighted by Crippen LogP contribution is -2.49. The van der Waals surface area contributed by atoms with Crippen molar-refractivity contribution in [2.75, 3.05) is 6.61 Å². The van der Waals surface area contributed by atoms with Crippen LogP contribution in [0.2, 0.25) is 0 Å². The van der Waals surface area contributed by atoms with Crippen LogP contribution in [0.4, 0.5) is 0 Å². The maximum atomic E-state index is 8.98. The van der Waals surface area contributed by atoms with E-state index in [-0.39, 0.29) is 24.7 Å². The van der Waals surface area contributed by atoms with Crippen molar-refractivity contribution in [1.29, 1.82) is 0 Å². The highest BCUT2D eigenvalue weighted by Crippen LogP contribution is 2.32. The third-order valence-corrected chi connectivity index (χ3v) is 2.76. The Bertz CT molecular complexity index is 223. The number of hydrogen-bond acceptors (Lipinski definition) is 3. The summed E-state index contributed by atoms with van der Waals surface area (Å²) in [6.07, 6.45) is 4.87. The molecule has 88 valence electrons. The molecule has 0 radical (unpaired) electrons. The highest BCUT2D eigenvalue weighted by atomic mass is 16.7. The lowest BCUT2D eigenvalue weighted by atomic mass is 9.93.